The van der Waals surface area contributed by atoms with Crippen LogP contribution in [-0.4, -0.2) is 9.78 Å². The molecule has 0 saturated heterocycles. The molecule has 104 valence electrons. The average molecular weight is 387 g/mol. The van der Waals surface area contributed by atoms with Gasteiger partial charge in [-0.05, 0) is 71.8 Å². The van der Waals surface area contributed by atoms with Crippen LogP contribution in [0.3, 0.4) is 0 Å². The highest BCUT2D eigenvalue weighted by Gasteiger charge is 2.11. The van der Waals surface area contributed by atoms with Crippen LogP contribution in [0, 0.1) is 28.7 Å². The summed E-state index contributed by atoms with van der Waals surface area (Å²) in [5.74, 6) is 0. The van der Waals surface area contributed by atoms with Crippen molar-refractivity contribution in [1.82, 2.24) is 9.78 Å². The summed E-state index contributed by atoms with van der Waals surface area (Å²) in [5.41, 5.74) is 5.03. The number of fused-ring (bicyclic) bond motifs is 1. The monoisotopic (exact) mass is 387 g/mol. The van der Waals surface area contributed by atoms with Crippen LogP contribution >= 0.6 is 22.6 Å². The van der Waals surface area contributed by atoms with Crippen LogP contribution in [0.25, 0.3) is 10.9 Å². The molecular weight excluding hydrogens is 373 g/mol. The largest absolute Gasteiger partial charge is 0.260 e. The first-order chi connectivity index (χ1) is 10.1. The summed E-state index contributed by atoms with van der Waals surface area (Å²) in [7, 11) is 0. The predicted octanol–water partition coefficient (Wildman–Crippen LogP) is 4.18. The maximum absolute atomic E-state index is 9.30. The van der Waals surface area contributed by atoms with E-state index in [-0.39, 0.29) is 0 Å². The summed E-state index contributed by atoms with van der Waals surface area (Å²) in [6.45, 7) is 4.69. The van der Waals surface area contributed by atoms with Crippen LogP contribution < -0.4 is 0 Å². The van der Waals surface area contributed by atoms with E-state index >= 15 is 0 Å². The zero-order chi connectivity index (χ0) is 15.0. The molecule has 2 aromatic carbocycles. The molecule has 3 aromatic rings. The second-order valence-electron chi connectivity index (χ2n) is 5.12. The number of benzene rings is 2. The van der Waals surface area contributed by atoms with E-state index in [1.165, 1.54) is 8.96 Å². The Labute approximate surface area is 137 Å². The van der Waals surface area contributed by atoms with Crippen LogP contribution in [0.15, 0.2) is 36.4 Å². The third-order valence-corrected chi connectivity index (χ3v) is 4.41. The van der Waals surface area contributed by atoms with Gasteiger partial charge in [0, 0.05) is 8.96 Å². The van der Waals surface area contributed by atoms with Crippen molar-refractivity contribution < 1.29 is 0 Å². The summed E-state index contributed by atoms with van der Waals surface area (Å²) in [5, 5.41) is 15.1. The van der Waals surface area contributed by atoms with Crippen molar-refractivity contribution in [3.63, 3.8) is 0 Å². The Hall–Kier alpha value is -1.87. The maximum Gasteiger partial charge on any atom is 0.0995 e. The van der Waals surface area contributed by atoms with E-state index in [0.717, 1.165) is 27.9 Å². The van der Waals surface area contributed by atoms with Gasteiger partial charge in [-0.2, -0.15) is 10.4 Å². The molecule has 0 aliphatic carbocycles. The third-order valence-electron chi connectivity index (χ3n) is 3.74. The summed E-state index contributed by atoms with van der Waals surface area (Å²) >= 11 is 2.31. The molecule has 1 heterocycles. The molecule has 0 saturated carbocycles. The van der Waals surface area contributed by atoms with E-state index in [1.54, 1.807) is 0 Å². The number of halogens is 1. The highest BCUT2D eigenvalue weighted by atomic mass is 127. The number of hydrogen-bond donors (Lipinski definition) is 0. The fourth-order valence-corrected chi connectivity index (χ4v) is 3.08. The SMILES string of the molecule is Cc1cccc(C#N)c1Cn1nc(C)c2ccc(I)cc21. The normalized spacial score (nSPS) is 10.8. The van der Waals surface area contributed by atoms with Gasteiger partial charge in [0.25, 0.3) is 0 Å². The Balaban J connectivity index is 2.16. The lowest BCUT2D eigenvalue weighted by Crippen LogP contribution is -2.05. The second-order valence-corrected chi connectivity index (χ2v) is 6.36. The molecule has 21 heavy (non-hydrogen) atoms. The molecule has 0 amide bonds. The van der Waals surface area contributed by atoms with Gasteiger partial charge in [-0.15, -0.1) is 0 Å². The van der Waals surface area contributed by atoms with Gasteiger partial charge < -0.3 is 0 Å². The highest BCUT2D eigenvalue weighted by Crippen LogP contribution is 2.23. The van der Waals surface area contributed by atoms with Crippen molar-refractivity contribution in [3.8, 4) is 6.07 Å². The van der Waals surface area contributed by atoms with Crippen LogP contribution in [0.2, 0.25) is 0 Å². The minimum Gasteiger partial charge on any atom is -0.260 e. The van der Waals surface area contributed by atoms with Gasteiger partial charge in [0.05, 0.1) is 29.4 Å². The third kappa shape index (κ3) is 2.54. The van der Waals surface area contributed by atoms with Gasteiger partial charge in [0.1, 0.15) is 0 Å². The smallest absolute Gasteiger partial charge is 0.0995 e. The Morgan fingerprint density at radius 1 is 1.24 bits per heavy atom. The maximum atomic E-state index is 9.30. The van der Waals surface area contributed by atoms with E-state index in [4.69, 9.17) is 0 Å². The van der Waals surface area contributed by atoms with Gasteiger partial charge in [-0.25, -0.2) is 0 Å². The molecule has 3 rings (SSSR count). The molecule has 3 nitrogen and oxygen atoms in total. The fraction of sp³-hybridized carbons (Fsp3) is 0.176. The van der Waals surface area contributed by atoms with Gasteiger partial charge in [-0.3, -0.25) is 4.68 Å². The number of hydrogen-bond acceptors (Lipinski definition) is 2. The Kier molecular flexibility index (Phi) is 3.68. The van der Waals surface area contributed by atoms with Crippen LogP contribution in [0.5, 0.6) is 0 Å². The van der Waals surface area contributed by atoms with Gasteiger partial charge in [-0.1, -0.05) is 12.1 Å². The zero-order valence-corrected chi connectivity index (χ0v) is 14.0. The molecule has 0 bridgehead atoms. The van der Waals surface area contributed by atoms with Crippen LogP contribution in [0.1, 0.15) is 22.4 Å². The Morgan fingerprint density at radius 2 is 2.05 bits per heavy atom. The lowest BCUT2D eigenvalue weighted by Gasteiger charge is -2.09. The lowest BCUT2D eigenvalue weighted by atomic mass is 10.0. The molecule has 0 radical (unpaired) electrons. The van der Waals surface area contributed by atoms with E-state index in [9.17, 15) is 5.26 Å². The Morgan fingerprint density at radius 3 is 2.81 bits per heavy atom. The van der Waals surface area contributed by atoms with Crippen molar-refractivity contribution in [3.05, 3.63) is 62.4 Å². The minimum absolute atomic E-state index is 0.625. The Bertz CT molecular complexity index is 872. The molecule has 0 atom stereocenters. The summed E-state index contributed by atoms with van der Waals surface area (Å²) < 4.78 is 3.18. The van der Waals surface area contributed by atoms with E-state index in [1.807, 2.05) is 36.7 Å². The molecule has 4 heteroatoms. The number of nitriles is 1. The molecule has 0 fully saturated rings. The van der Waals surface area contributed by atoms with Crippen LogP contribution in [0.4, 0.5) is 0 Å². The quantitative estimate of drug-likeness (QED) is 0.620. The zero-order valence-electron chi connectivity index (χ0n) is 11.9. The molecule has 0 aliphatic heterocycles. The topological polar surface area (TPSA) is 41.6 Å². The second kappa shape index (κ2) is 5.49. The number of rotatable bonds is 2. The number of aryl methyl sites for hydroxylation is 2. The van der Waals surface area contributed by atoms with Gasteiger partial charge >= 0.3 is 0 Å². The van der Waals surface area contributed by atoms with Crippen molar-refractivity contribution >= 4 is 33.5 Å². The molecule has 0 unspecified atom stereocenters. The number of aromatic nitrogens is 2. The number of nitrogens with zero attached hydrogens (tertiary/aromatic N) is 3. The molecule has 0 spiro atoms. The summed E-state index contributed by atoms with van der Waals surface area (Å²) in [6.07, 6.45) is 0. The van der Waals surface area contributed by atoms with E-state index in [2.05, 4.69) is 52.0 Å². The summed E-state index contributed by atoms with van der Waals surface area (Å²) in [6, 6.07) is 14.5. The predicted molar refractivity (Wildman–Crippen MR) is 92.2 cm³/mol. The summed E-state index contributed by atoms with van der Waals surface area (Å²) in [4.78, 5) is 0. The van der Waals surface area contributed by atoms with Crippen molar-refractivity contribution in [2.24, 2.45) is 0 Å². The van der Waals surface area contributed by atoms with E-state index < -0.39 is 0 Å². The average Bonchev–Trinajstić information content (AvgIpc) is 2.77. The fourth-order valence-electron chi connectivity index (χ4n) is 2.60. The first-order valence-electron chi connectivity index (χ1n) is 6.71. The minimum atomic E-state index is 0.625. The van der Waals surface area contributed by atoms with Gasteiger partial charge in [0.15, 0.2) is 0 Å². The van der Waals surface area contributed by atoms with Crippen molar-refractivity contribution in [1.29, 1.82) is 5.26 Å². The standard InChI is InChI=1S/C17H14IN3/c1-11-4-3-5-13(9-19)16(11)10-21-17-8-14(18)6-7-15(17)12(2)20-21/h3-8H,10H2,1-2H3. The first-order valence-corrected chi connectivity index (χ1v) is 7.79. The highest BCUT2D eigenvalue weighted by molar-refractivity contribution is 14.1. The molecule has 0 aliphatic rings. The van der Waals surface area contributed by atoms with E-state index in [0.29, 0.717) is 6.54 Å². The first kappa shape index (κ1) is 14.1. The molecular formula is C17H14IN3. The van der Waals surface area contributed by atoms with Crippen molar-refractivity contribution in [2.45, 2.75) is 20.4 Å². The molecule has 0 N–H and O–H groups in total. The van der Waals surface area contributed by atoms with Crippen molar-refractivity contribution in [2.75, 3.05) is 0 Å². The van der Waals surface area contributed by atoms with Crippen LogP contribution in [-0.2, 0) is 6.54 Å². The molecule has 1 aromatic heterocycles. The lowest BCUT2D eigenvalue weighted by molar-refractivity contribution is 0.699. The van der Waals surface area contributed by atoms with Gasteiger partial charge in [0.2, 0.25) is 0 Å².